The fourth-order valence-corrected chi connectivity index (χ4v) is 2.96. The number of anilines is 1. The molecule has 2 aromatic rings. The Kier molecular flexibility index (Phi) is 5.85. The van der Waals surface area contributed by atoms with E-state index in [9.17, 15) is 9.18 Å². The molecule has 1 fully saturated rings. The van der Waals surface area contributed by atoms with Gasteiger partial charge in [0.2, 0.25) is 5.91 Å². The van der Waals surface area contributed by atoms with Gasteiger partial charge in [0.15, 0.2) is 0 Å². The summed E-state index contributed by atoms with van der Waals surface area (Å²) < 4.78 is 24.0. The molecule has 2 aromatic carbocycles. The first-order chi connectivity index (χ1) is 12.6. The van der Waals surface area contributed by atoms with Gasteiger partial charge < -0.3 is 20.5 Å². The van der Waals surface area contributed by atoms with E-state index in [2.05, 4.69) is 5.32 Å². The maximum atomic E-state index is 12.9. The van der Waals surface area contributed by atoms with Crippen LogP contribution in [0, 0.1) is 11.2 Å². The smallest absolute Gasteiger partial charge is 0.232 e. The quantitative estimate of drug-likeness (QED) is 0.832. The first-order valence-corrected chi connectivity index (χ1v) is 8.68. The average molecular weight is 358 g/mol. The fourth-order valence-electron chi connectivity index (χ4n) is 2.96. The lowest BCUT2D eigenvalue weighted by atomic mass is 9.79. The Morgan fingerprint density at radius 3 is 2.62 bits per heavy atom. The van der Waals surface area contributed by atoms with Crippen LogP contribution in [0.3, 0.4) is 0 Å². The van der Waals surface area contributed by atoms with E-state index in [0.717, 1.165) is 5.56 Å². The lowest BCUT2D eigenvalue weighted by molar-refractivity contribution is -0.130. The van der Waals surface area contributed by atoms with E-state index in [1.807, 2.05) is 18.2 Å². The Balaban J connectivity index is 1.63. The molecule has 0 aliphatic carbocycles. The van der Waals surface area contributed by atoms with Crippen molar-refractivity contribution < 1.29 is 18.7 Å². The second-order valence-corrected chi connectivity index (χ2v) is 6.49. The molecule has 3 N–H and O–H groups in total. The monoisotopic (exact) mass is 358 g/mol. The Morgan fingerprint density at radius 2 is 1.92 bits per heavy atom. The van der Waals surface area contributed by atoms with Gasteiger partial charge in [0.05, 0.1) is 5.41 Å². The second kappa shape index (κ2) is 8.29. The predicted molar refractivity (Wildman–Crippen MR) is 97.3 cm³/mol. The van der Waals surface area contributed by atoms with Gasteiger partial charge in [0, 0.05) is 31.5 Å². The van der Waals surface area contributed by atoms with Crippen LogP contribution in [0.25, 0.3) is 0 Å². The molecule has 0 radical (unpaired) electrons. The summed E-state index contributed by atoms with van der Waals surface area (Å²) >= 11 is 0. The maximum Gasteiger partial charge on any atom is 0.232 e. The van der Waals surface area contributed by atoms with Gasteiger partial charge in [-0.3, -0.25) is 4.79 Å². The Morgan fingerprint density at radius 1 is 1.19 bits per heavy atom. The van der Waals surface area contributed by atoms with Crippen molar-refractivity contribution >= 4 is 11.6 Å². The van der Waals surface area contributed by atoms with E-state index >= 15 is 0 Å². The highest BCUT2D eigenvalue weighted by Crippen LogP contribution is 2.31. The first-order valence-electron chi connectivity index (χ1n) is 8.68. The third-order valence-electron chi connectivity index (χ3n) is 4.73. The molecular formula is C20H23FN2O3. The number of halogens is 1. The van der Waals surface area contributed by atoms with E-state index in [0.29, 0.717) is 50.6 Å². The minimum absolute atomic E-state index is 0.0843. The molecule has 6 heteroatoms. The van der Waals surface area contributed by atoms with Crippen molar-refractivity contribution in [3.05, 3.63) is 59.9 Å². The third-order valence-corrected chi connectivity index (χ3v) is 4.73. The van der Waals surface area contributed by atoms with E-state index < -0.39 is 5.41 Å². The minimum atomic E-state index is -0.580. The first kappa shape index (κ1) is 18.4. The van der Waals surface area contributed by atoms with Gasteiger partial charge in [-0.15, -0.1) is 0 Å². The minimum Gasteiger partial charge on any atom is -0.489 e. The molecule has 0 saturated carbocycles. The van der Waals surface area contributed by atoms with Crippen LogP contribution in [-0.4, -0.2) is 25.7 Å². The summed E-state index contributed by atoms with van der Waals surface area (Å²) in [6.07, 6.45) is 1.24. The number of benzene rings is 2. The lowest BCUT2D eigenvalue weighted by Gasteiger charge is -2.34. The Bertz CT molecular complexity index is 743. The van der Waals surface area contributed by atoms with Crippen LogP contribution in [-0.2, 0) is 16.1 Å². The largest absolute Gasteiger partial charge is 0.489 e. The third kappa shape index (κ3) is 4.39. The topological polar surface area (TPSA) is 73.6 Å². The summed E-state index contributed by atoms with van der Waals surface area (Å²) in [6, 6.07) is 13.4. The summed E-state index contributed by atoms with van der Waals surface area (Å²) in [6.45, 7) is 1.71. The van der Waals surface area contributed by atoms with Gasteiger partial charge in [-0.05, 0) is 42.7 Å². The highest BCUT2D eigenvalue weighted by atomic mass is 19.1. The standard InChI is InChI=1S/C20H23FN2O3/c21-16-6-4-15(5-7-16)13-26-18-3-1-2-17(12-18)23-19(24)20(14-22)8-10-25-11-9-20/h1-7,12H,8-11,13-14,22H2,(H,23,24). The summed E-state index contributed by atoms with van der Waals surface area (Å²) in [4.78, 5) is 12.7. The number of carbonyl (C=O) groups excluding carboxylic acids is 1. The number of nitrogens with one attached hydrogen (secondary N) is 1. The zero-order valence-corrected chi connectivity index (χ0v) is 14.5. The van der Waals surface area contributed by atoms with Gasteiger partial charge in [0.1, 0.15) is 18.2 Å². The van der Waals surface area contributed by atoms with Crippen LogP contribution in [0.4, 0.5) is 10.1 Å². The number of nitrogens with two attached hydrogens (primary N) is 1. The van der Waals surface area contributed by atoms with Crippen LogP contribution < -0.4 is 15.8 Å². The molecule has 138 valence electrons. The van der Waals surface area contributed by atoms with E-state index in [1.165, 1.54) is 12.1 Å². The van der Waals surface area contributed by atoms with Crippen LogP contribution in [0.1, 0.15) is 18.4 Å². The normalized spacial score (nSPS) is 16.1. The summed E-state index contributed by atoms with van der Waals surface area (Å²) in [7, 11) is 0. The number of amides is 1. The lowest BCUT2D eigenvalue weighted by Crippen LogP contribution is -2.46. The zero-order chi connectivity index (χ0) is 18.4. The molecule has 1 heterocycles. The van der Waals surface area contributed by atoms with Gasteiger partial charge >= 0.3 is 0 Å². The molecule has 0 atom stereocenters. The van der Waals surface area contributed by atoms with Gasteiger partial charge in [0.25, 0.3) is 0 Å². The Labute approximate surface area is 152 Å². The van der Waals surface area contributed by atoms with Crippen LogP contribution in [0.15, 0.2) is 48.5 Å². The molecule has 1 aliphatic rings. The zero-order valence-electron chi connectivity index (χ0n) is 14.5. The van der Waals surface area contributed by atoms with E-state index in [1.54, 1.807) is 18.2 Å². The van der Waals surface area contributed by atoms with E-state index in [-0.39, 0.29) is 11.7 Å². The van der Waals surface area contributed by atoms with Gasteiger partial charge in [-0.25, -0.2) is 4.39 Å². The number of hydrogen-bond acceptors (Lipinski definition) is 4. The molecule has 0 aromatic heterocycles. The highest BCUT2D eigenvalue weighted by Gasteiger charge is 2.38. The molecule has 26 heavy (non-hydrogen) atoms. The number of hydrogen-bond donors (Lipinski definition) is 2. The van der Waals surface area contributed by atoms with Crippen molar-refractivity contribution in [1.82, 2.24) is 0 Å². The molecule has 3 rings (SSSR count). The van der Waals surface area contributed by atoms with Crippen molar-refractivity contribution in [1.29, 1.82) is 0 Å². The van der Waals surface area contributed by atoms with Crippen LogP contribution >= 0.6 is 0 Å². The van der Waals surface area contributed by atoms with Crippen LogP contribution in [0.2, 0.25) is 0 Å². The Hall–Kier alpha value is -2.44. The molecule has 1 amide bonds. The molecule has 5 nitrogen and oxygen atoms in total. The molecule has 0 unspecified atom stereocenters. The molecule has 1 aliphatic heterocycles. The molecule has 0 bridgehead atoms. The van der Waals surface area contributed by atoms with Gasteiger partial charge in [-0.1, -0.05) is 18.2 Å². The number of carbonyl (C=O) groups is 1. The van der Waals surface area contributed by atoms with Crippen molar-refractivity contribution in [2.24, 2.45) is 11.1 Å². The second-order valence-electron chi connectivity index (χ2n) is 6.49. The molecular weight excluding hydrogens is 335 g/mol. The number of rotatable bonds is 6. The van der Waals surface area contributed by atoms with Crippen molar-refractivity contribution in [2.45, 2.75) is 19.4 Å². The van der Waals surface area contributed by atoms with Crippen molar-refractivity contribution in [2.75, 3.05) is 25.1 Å². The van der Waals surface area contributed by atoms with Crippen molar-refractivity contribution in [3.8, 4) is 5.75 Å². The van der Waals surface area contributed by atoms with Crippen LogP contribution in [0.5, 0.6) is 5.75 Å². The molecule has 0 spiro atoms. The fraction of sp³-hybridized carbons (Fsp3) is 0.350. The maximum absolute atomic E-state index is 12.9. The van der Waals surface area contributed by atoms with Gasteiger partial charge in [-0.2, -0.15) is 0 Å². The number of ether oxygens (including phenoxy) is 2. The van der Waals surface area contributed by atoms with Crippen molar-refractivity contribution in [3.63, 3.8) is 0 Å². The van der Waals surface area contributed by atoms with E-state index in [4.69, 9.17) is 15.2 Å². The summed E-state index contributed by atoms with van der Waals surface area (Å²) in [5.74, 6) is 0.264. The predicted octanol–water partition coefficient (Wildman–Crippen LogP) is 3.10. The summed E-state index contributed by atoms with van der Waals surface area (Å²) in [5, 5.41) is 2.95. The SMILES string of the molecule is NCC1(C(=O)Nc2cccc(OCc3ccc(F)cc3)c2)CCOCC1. The summed E-state index contributed by atoms with van der Waals surface area (Å²) in [5.41, 5.74) is 6.82. The molecule has 1 saturated heterocycles. The highest BCUT2D eigenvalue weighted by molar-refractivity contribution is 5.95. The average Bonchev–Trinajstić information content (AvgIpc) is 2.68.